The molecule has 2 aliphatic rings. The Morgan fingerprint density at radius 1 is 0.952 bits per heavy atom. The third kappa shape index (κ3) is 4.45. The van der Waals surface area contributed by atoms with Gasteiger partial charge in [-0.25, -0.2) is 0 Å². The Kier molecular flexibility index (Phi) is 7.53. The van der Waals surface area contributed by atoms with Crippen LogP contribution in [0.25, 0.3) is 0 Å². The molecule has 2 rings (SSSR count). The predicted octanol–water partition coefficient (Wildman–Crippen LogP) is 4.78. The molecule has 0 saturated heterocycles. The fourth-order valence-electron chi connectivity index (χ4n) is 5.03. The van der Waals surface area contributed by atoms with Crippen molar-refractivity contribution in [2.24, 2.45) is 17.8 Å². The van der Waals surface area contributed by atoms with Crippen LogP contribution in [0.1, 0.15) is 78.1 Å². The van der Waals surface area contributed by atoms with Crippen LogP contribution >= 0.6 is 0 Å². The van der Waals surface area contributed by atoms with Crippen LogP contribution in [0.4, 0.5) is 0 Å². The standard InChI is InChI=1S/C19H37NO/c1-4-15-11-9-10-14-17(15)18(20-3)19(21-5-2)16-12-7-6-8-13-16/h15-20H,4-14H2,1-3H3. The van der Waals surface area contributed by atoms with Gasteiger partial charge in [-0.05, 0) is 51.0 Å². The first-order chi connectivity index (χ1) is 10.3. The SMILES string of the molecule is CCOC(C1CCCCC1)C(NC)C1CCCCC1CC. The van der Waals surface area contributed by atoms with Gasteiger partial charge in [-0.1, -0.05) is 51.9 Å². The molecule has 0 aromatic rings. The Balaban J connectivity index is 2.09. The summed E-state index contributed by atoms with van der Waals surface area (Å²) in [4.78, 5) is 0. The summed E-state index contributed by atoms with van der Waals surface area (Å²) < 4.78 is 6.32. The molecule has 4 unspecified atom stereocenters. The quantitative estimate of drug-likeness (QED) is 0.730. The number of hydrogen-bond donors (Lipinski definition) is 1. The van der Waals surface area contributed by atoms with Crippen molar-refractivity contribution in [3.8, 4) is 0 Å². The van der Waals surface area contributed by atoms with E-state index in [2.05, 4.69) is 26.2 Å². The van der Waals surface area contributed by atoms with Crippen LogP contribution in [0.5, 0.6) is 0 Å². The van der Waals surface area contributed by atoms with Crippen molar-refractivity contribution < 1.29 is 4.74 Å². The van der Waals surface area contributed by atoms with E-state index < -0.39 is 0 Å². The third-order valence-corrected chi connectivity index (χ3v) is 6.11. The van der Waals surface area contributed by atoms with Crippen LogP contribution in [-0.2, 0) is 4.74 Å². The average Bonchev–Trinajstić information content (AvgIpc) is 2.56. The second-order valence-electron chi connectivity index (χ2n) is 7.25. The van der Waals surface area contributed by atoms with Crippen molar-refractivity contribution in [2.45, 2.75) is 90.2 Å². The van der Waals surface area contributed by atoms with Gasteiger partial charge in [0.05, 0.1) is 6.10 Å². The molecule has 2 nitrogen and oxygen atoms in total. The van der Waals surface area contributed by atoms with Crippen LogP contribution in [0.2, 0.25) is 0 Å². The van der Waals surface area contributed by atoms with E-state index >= 15 is 0 Å². The number of ether oxygens (including phenoxy) is 1. The van der Waals surface area contributed by atoms with E-state index in [1.165, 1.54) is 64.2 Å². The van der Waals surface area contributed by atoms with Crippen LogP contribution < -0.4 is 5.32 Å². The summed E-state index contributed by atoms with van der Waals surface area (Å²) in [6.07, 6.45) is 14.5. The molecule has 2 fully saturated rings. The Morgan fingerprint density at radius 3 is 2.24 bits per heavy atom. The van der Waals surface area contributed by atoms with E-state index in [0.29, 0.717) is 12.1 Å². The highest BCUT2D eigenvalue weighted by Gasteiger charge is 2.38. The van der Waals surface area contributed by atoms with E-state index in [-0.39, 0.29) is 0 Å². The van der Waals surface area contributed by atoms with Crippen LogP contribution in [0, 0.1) is 17.8 Å². The average molecular weight is 296 g/mol. The minimum atomic E-state index is 0.442. The zero-order valence-electron chi connectivity index (χ0n) is 14.6. The summed E-state index contributed by atoms with van der Waals surface area (Å²) in [5, 5.41) is 3.69. The first kappa shape index (κ1) is 17.3. The van der Waals surface area contributed by atoms with Crippen LogP contribution in [0.3, 0.4) is 0 Å². The minimum Gasteiger partial charge on any atom is -0.377 e. The van der Waals surface area contributed by atoms with Gasteiger partial charge in [0.25, 0.3) is 0 Å². The summed E-state index contributed by atoms with van der Waals surface area (Å²) in [6.45, 7) is 5.41. The Labute approximate surface area is 132 Å². The minimum absolute atomic E-state index is 0.442. The van der Waals surface area contributed by atoms with Gasteiger partial charge in [-0.15, -0.1) is 0 Å². The molecule has 124 valence electrons. The van der Waals surface area contributed by atoms with Gasteiger partial charge >= 0.3 is 0 Å². The van der Waals surface area contributed by atoms with Gasteiger partial charge in [0.2, 0.25) is 0 Å². The topological polar surface area (TPSA) is 21.3 Å². The van der Waals surface area contributed by atoms with Crippen molar-refractivity contribution in [1.82, 2.24) is 5.32 Å². The van der Waals surface area contributed by atoms with Crippen molar-refractivity contribution in [1.29, 1.82) is 0 Å². The van der Waals surface area contributed by atoms with Crippen molar-refractivity contribution in [2.75, 3.05) is 13.7 Å². The molecule has 0 amide bonds. The molecule has 0 aromatic carbocycles. The van der Waals surface area contributed by atoms with E-state index in [4.69, 9.17) is 4.74 Å². The number of likely N-dealkylation sites (N-methyl/N-ethyl adjacent to an activating group) is 1. The number of nitrogens with one attached hydrogen (secondary N) is 1. The monoisotopic (exact) mass is 295 g/mol. The highest BCUT2D eigenvalue weighted by molar-refractivity contribution is 4.92. The summed E-state index contributed by atoms with van der Waals surface area (Å²) in [6, 6.07) is 0.568. The molecule has 0 aliphatic heterocycles. The zero-order valence-corrected chi connectivity index (χ0v) is 14.6. The first-order valence-electron chi connectivity index (χ1n) is 9.60. The summed E-state index contributed by atoms with van der Waals surface area (Å²) >= 11 is 0. The van der Waals surface area contributed by atoms with Gasteiger partial charge in [-0.2, -0.15) is 0 Å². The second-order valence-corrected chi connectivity index (χ2v) is 7.25. The van der Waals surface area contributed by atoms with Crippen LogP contribution in [0.15, 0.2) is 0 Å². The molecule has 21 heavy (non-hydrogen) atoms. The molecule has 2 aliphatic carbocycles. The molecule has 0 spiro atoms. The molecule has 4 atom stereocenters. The second kappa shape index (κ2) is 9.15. The zero-order chi connectivity index (χ0) is 15.1. The highest BCUT2D eigenvalue weighted by Crippen LogP contribution is 2.39. The lowest BCUT2D eigenvalue weighted by Gasteiger charge is -2.43. The van der Waals surface area contributed by atoms with Gasteiger partial charge in [0, 0.05) is 12.6 Å². The lowest BCUT2D eigenvalue weighted by Crippen LogP contribution is -2.51. The number of rotatable bonds is 7. The highest BCUT2D eigenvalue weighted by atomic mass is 16.5. The maximum atomic E-state index is 6.32. The Morgan fingerprint density at radius 2 is 1.62 bits per heavy atom. The Bertz CT molecular complexity index is 275. The smallest absolute Gasteiger partial charge is 0.0758 e. The molecule has 2 saturated carbocycles. The van der Waals surface area contributed by atoms with Gasteiger partial charge < -0.3 is 10.1 Å². The number of hydrogen-bond acceptors (Lipinski definition) is 2. The molecular formula is C19H37NO. The van der Waals surface area contributed by atoms with Crippen molar-refractivity contribution in [3.05, 3.63) is 0 Å². The summed E-state index contributed by atoms with van der Waals surface area (Å²) in [7, 11) is 2.17. The third-order valence-electron chi connectivity index (χ3n) is 6.11. The molecule has 0 heterocycles. The fourth-order valence-corrected chi connectivity index (χ4v) is 5.03. The van der Waals surface area contributed by atoms with Crippen molar-refractivity contribution in [3.63, 3.8) is 0 Å². The van der Waals surface area contributed by atoms with E-state index in [1.807, 2.05) is 0 Å². The maximum absolute atomic E-state index is 6.32. The maximum Gasteiger partial charge on any atom is 0.0758 e. The van der Waals surface area contributed by atoms with E-state index in [9.17, 15) is 0 Å². The summed E-state index contributed by atoms with van der Waals surface area (Å²) in [5.74, 6) is 2.52. The molecule has 0 aromatic heterocycles. The molecule has 0 radical (unpaired) electrons. The normalized spacial score (nSPS) is 31.0. The van der Waals surface area contributed by atoms with Crippen LogP contribution in [-0.4, -0.2) is 25.8 Å². The van der Waals surface area contributed by atoms with Gasteiger partial charge in [0.15, 0.2) is 0 Å². The molecular weight excluding hydrogens is 258 g/mol. The summed E-state index contributed by atoms with van der Waals surface area (Å²) in [5.41, 5.74) is 0. The predicted molar refractivity (Wildman–Crippen MR) is 90.6 cm³/mol. The first-order valence-corrected chi connectivity index (χ1v) is 9.60. The van der Waals surface area contributed by atoms with E-state index in [1.54, 1.807) is 0 Å². The largest absolute Gasteiger partial charge is 0.377 e. The van der Waals surface area contributed by atoms with Gasteiger partial charge in [-0.3, -0.25) is 0 Å². The lowest BCUT2D eigenvalue weighted by molar-refractivity contribution is -0.0420. The lowest BCUT2D eigenvalue weighted by atomic mass is 9.70. The molecule has 0 bridgehead atoms. The van der Waals surface area contributed by atoms with Crippen molar-refractivity contribution >= 4 is 0 Å². The van der Waals surface area contributed by atoms with E-state index in [0.717, 1.165) is 24.4 Å². The van der Waals surface area contributed by atoms with Gasteiger partial charge in [0.1, 0.15) is 0 Å². The Hall–Kier alpha value is -0.0800. The fraction of sp³-hybridized carbons (Fsp3) is 1.00. The molecule has 1 N–H and O–H groups in total. The molecule has 2 heteroatoms.